The zero-order valence-electron chi connectivity index (χ0n) is 17.7. The molecule has 0 bridgehead atoms. The maximum Gasteiger partial charge on any atom is 0.268 e. The number of anilines is 1. The van der Waals surface area contributed by atoms with Gasteiger partial charge in [-0.05, 0) is 65.1 Å². The van der Waals surface area contributed by atoms with Crippen molar-refractivity contribution in [3.8, 4) is 5.75 Å². The van der Waals surface area contributed by atoms with Crippen molar-refractivity contribution < 1.29 is 14.3 Å². The molecule has 3 unspecified atom stereocenters. The highest BCUT2D eigenvalue weighted by Gasteiger charge is 2.38. The van der Waals surface area contributed by atoms with Crippen molar-refractivity contribution in [1.29, 1.82) is 0 Å². The van der Waals surface area contributed by atoms with Crippen LogP contribution in [0.4, 0.5) is 5.69 Å². The summed E-state index contributed by atoms with van der Waals surface area (Å²) in [4.78, 5) is 29.8. The number of amides is 2. The van der Waals surface area contributed by atoms with Crippen LogP contribution in [0.15, 0.2) is 24.3 Å². The van der Waals surface area contributed by atoms with Gasteiger partial charge in [-0.25, -0.2) is 0 Å². The Hall–Kier alpha value is -2.08. The summed E-state index contributed by atoms with van der Waals surface area (Å²) in [6, 6.07) is 6.76. The highest BCUT2D eigenvalue weighted by molar-refractivity contribution is 6.05. The lowest BCUT2D eigenvalue weighted by molar-refractivity contribution is -0.130. The fourth-order valence-corrected chi connectivity index (χ4v) is 4.29. The first-order valence-electron chi connectivity index (χ1n) is 10.3. The third-order valence-electron chi connectivity index (χ3n) is 5.60. The van der Waals surface area contributed by atoms with E-state index in [1.54, 1.807) is 18.7 Å². The number of fused-ring (bicyclic) bond motifs is 1. The number of benzene rings is 1. The minimum atomic E-state index is -0.612. The van der Waals surface area contributed by atoms with Gasteiger partial charge in [0, 0.05) is 18.6 Å². The van der Waals surface area contributed by atoms with Gasteiger partial charge in [-0.1, -0.05) is 19.1 Å². The number of nitrogens with zero attached hydrogens (tertiary/aromatic N) is 2. The minimum Gasteiger partial charge on any atom is -0.479 e. The van der Waals surface area contributed by atoms with Gasteiger partial charge in [0.2, 0.25) is 5.91 Å². The fourth-order valence-electron chi connectivity index (χ4n) is 4.29. The summed E-state index contributed by atoms with van der Waals surface area (Å²) >= 11 is 0. The molecule has 1 fully saturated rings. The van der Waals surface area contributed by atoms with Crippen molar-refractivity contribution in [2.45, 2.75) is 65.1 Å². The lowest BCUT2D eigenvalue weighted by Crippen LogP contribution is -2.59. The molecule has 6 nitrogen and oxygen atoms in total. The minimum absolute atomic E-state index is 0.146. The van der Waals surface area contributed by atoms with Gasteiger partial charge in [0.1, 0.15) is 11.8 Å². The summed E-state index contributed by atoms with van der Waals surface area (Å²) in [5, 5.41) is 3.17. The number of piperidine rings is 1. The summed E-state index contributed by atoms with van der Waals surface area (Å²) in [6.07, 6.45) is 1.88. The van der Waals surface area contributed by atoms with Gasteiger partial charge >= 0.3 is 0 Å². The van der Waals surface area contributed by atoms with Crippen LogP contribution in [0.1, 0.15) is 47.5 Å². The van der Waals surface area contributed by atoms with E-state index in [-0.39, 0.29) is 17.4 Å². The Morgan fingerprint density at radius 2 is 2.04 bits per heavy atom. The van der Waals surface area contributed by atoms with Crippen molar-refractivity contribution >= 4 is 17.5 Å². The van der Waals surface area contributed by atoms with Crippen LogP contribution in [-0.2, 0) is 9.59 Å². The number of para-hydroxylation sites is 2. The molecule has 2 heterocycles. The van der Waals surface area contributed by atoms with Crippen molar-refractivity contribution in [1.82, 2.24) is 10.2 Å². The first-order valence-corrected chi connectivity index (χ1v) is 10.3. The normalized spacial score (nSPS) is 24.3. The van der Waals surface area contributed by atoms with Gasteiger partial charge in [0.25, 0.3) is 5.91 Å². The van der Waals surface area contributed by atoms with Gasteiger partial charge in [0.15, 0.2) is 6.10 Å². The summed E-state index contributed by atoms with van der Waals surface area (Å²) in [5.41, 5.74) is 0.277. The van der Waals surface area contributed by atoms with Crippen molar-refractivity contribution in [3.05, 3.63) is 24.3 Å². The Morgan fingerprint density at radius 1 is 1.32 bits per heavy atom. The second kappa shape index (κ2) is 8.11. The average Bonchev–Trinajstić information content (AvgIpc) is 2.61. The number of hydrogen-bond acceptors (Lipinski definition) is 4. The van der Waals surface area contributed by atoms with E-state index in [0.717, 1.165) is 19.6 Å². The van der Waals surface area contributed by atoms with Gasteiger partial charge in [-0.15, -0.1) is 0 Å². The largest absolute Gasteiger partial charge is 0.479 e. The fraction of sp³-hybridized carbons (Fsp3) is 0.636. The molecule has 3 atom stereocenters. The van der Waals surface area contributed by atoms with E-state index in [0.29, 0.717) is 17.4 Å². The zero-order valence-corrected chi connectivity index (χ0v) is 17.7. The van der Waals surface area contributed by atoms with Crippen LogP contribution in [0.2, 0.25) is 0 Å². The molecule has 0 saturated carbocycles. The summed E-state index contributed by atoms with van der Waals surface area (Å²) in [7, 11) is 0. The SMILES string of the molecule is CC1CCCN(CC(C)(C)NC(=O)C(C)N2C(=O)C(C)Oc3ccccc32)C1. The zero-order chi connectivity index (χ0) is 20.5. The van der Waals surface area contributed by atoms with Crippen LogP contribution < -0.4 is 15.0 Å². The van der Waals surface area contributed by atoms with E-state index < -0.39 is 12.1 Å². The lowest BCUT2D eigenvalue weighted by atomic mass is 9.97. The Kier molecular flexibility index (Phi) is 5.98. The predicted octanol–water partition coefficient (Wildman–Crippen LogP) is 2.82. The molecule has 2 amide bonds. The van der Waals surface area contributed by atoms with Crippen molar-refractivity contribution in [2.75, 3.05) is 24.5 Å². The van der Waals surface area contributed by atoms with Crippen LogP contribution in [0.3, 0.4) is 0 Å². The van der Waals surface area contributed by atoms with Gasteiger partial charge in [0.05, 0.1) is 5.69 Å². The lowest BCUT2D eigenvalue weighted by Gasteiger charge is -2.40. The molecule has 1 N–H and O–H groups in total. The summed E-state index contributed by atoms with van der Waals surface area (Å²) < 4.78 is 5.69. The molecule has 1 aromatic rings. The third kappa shape index (κ3) is 4.49. The van der Waals surface area contributed by atoms with E-state index >= 15 is 0 Å². The molecular weight excluding hydrogens is 354 g/mol. The Labute approximate surface area is 168 Å². The van der Waals surface area contributed by atoms with Crippen LogP contribution in [0.25, 0.3) is 0 Å². The number of likely N-dealkylation sites (tertiary alicyclic amines) is 1. The number of nitrogens with one attached hydrogen (secondary N) is 1. The molecule has 0 spiro atoms. The Morgan fingerprint density at radius 3 is 2.75 bits per heavy atom. The number of carbonyl (C=O) groups is 2. The highest BCUT2D eigenvalue weighted by atomic mass is 16.5. The second-order valence-corrected chi connectivity index (χ2v) is 8.97. The van der Waals surface area contributed by atoms with E-state index in [9.17, 15) is 9.59 Å². The van der Waals surface area contributed by atoms with Crippen LogP contribution in [0.5, 0.6) is 5.75 Å². The standard InChI is InChI=1S/C22H33N3O3/c1-15-9-8-12-24(13-15)14-22(4,5)23-20(26)16(2)25-18-10-6-7-11-19(18)28-17(3)21(25)27/h6-7,10-11,15-17H,8-9,12-14H2,1-5H3,(H,23,26). The van der Waals surface area contributed by atoms with E-state index in [1.807, 2.05) is 24.3 Å². The molecule has 3 rings (SSSR count). The number of ether oxygens (including phenoxy) is 1. The van der Waals surface area contributed by atoms with Crippen molar-refractivity contribution in [2.24, 2.45) is 5.92 Å². The molecule has 28 heavy (non-hydrogen) atoms. The van der Waals surface area contributed by atoms with Gasteiger partial charge in [-0.3, -0.25) is 14.5 Å². The number of rotatable bonds is 5. The first-order chi connectivity index (χ1) is 13.2. The predicted molar refractivity (Wildman–Crippen MR) is 111 cm³/mol. The smallest absolute Gasteiger partial charge is 0.268 e. The monoisotopic (exact) mass is 387 g/mol. The molecule has 2 aliphatic rings. The van der Waals surface area contributed by atoms with Crippen LogP contribution in [0, 0.1) is 5.92 Å². The number of hydrogen-bond donors (Lipinski definition) is 1. The molecular formula is C22H33N3O3. The topological polar surface area (TPSA) is 61.9 Å². The molecule has 0 radical (unpaired) electrons. The molecule has 0 aromatic heterocycles. The van der Waals surface area contributed by atoms with Crippen molar-refractivity contribution in [3.63, 3.8) is 0 Å². The molecule has 2 aliphatic heterocycles. The summed E-state index contributed by atoms with van der Waals surface area (Å²) in [5.74, 6) is 0.996. The van der Waals surface area contributed by atoms with Gasteiger partial charge < -0.3 is 15.0 Å². The summed E-state index contributed by atoms with van der Waals surface area (Å²) in [6.45, 7) is 12.8. The second-order valence-electron chi connectivity index (χ2n) is 8.97. The molecule has 154 valence electrons. The van der Waals surface area contributed by atoms with Crippen LogP contribution >= 0.6 is 0 Å². The Balaban J connectivity index is 1.70. The van der Waals surface area contributed by atoms with Crippen LogP contribution in [-0.4, -0.2) is 54.0 Å². The number of carbonyl (C=O) groups excluding carboxylic acids is 2. The highest BCUT2D eigenvalue weighted by Crippen LogP contribution is 2.35. The first kappa shape index (κ1) is 20.6. The molecule has 6 heteroatoms. The van der Waals surface area contributed by atoms with E-state index in [2.05, 4.69) is 31.0 Å². The molecule has 1 saturated heterocycles. The van der Waals surface area contributed by atoms with E-state index in [1.165, 1.54) is 12.8 Å². The quantitative estimate of drug-likeness (QED) is 0.844. The maximum atomic E-state index is 13.1. The maximum absolute atomic E-state index is 13.1. The third-order valence-corrected chi connectivity index (χ3v) is 5.60. The van der Waals surface area contributed by atoms with Gasteiger partial charge in [-0.2, -0.15) is 0 Å². The Bertz CT molecular complexity index is 733. The van der Waals surface area contributed by atoms with E-state index in [4.69, 9.17) is 4.74 Å². The average molecular weight is 388 g/mol. The molecule has 0 aliphatic carbocycles. The molecule has 1 aromatic carbocycles.